The minimum absolute atomic E-state index is 0.115. The molecule has 2 aromatic rings. The van der Waals surface area contributed by atoms with Gasteiger partial charge in [-0.2, -0.15) is 5.26 Å². The molecule has 106 valence electrons. The van der Waals surface area contributed by atoms with Gasteiger partial charge < -0.3 is 10.6 Å². The molecule has 0 aliphatic carbocycles. The molecule has 2 rings (SSSR count). The first-order chi connectivity index (χ1) is 10.1. The van der Waals surface area contributed by atoms with Crippen LogP contribution in [-0.2, 0) is 0 Å². The summed E-state index contributed by atoms with van der Waals surface area (Å²) in [6.07, 6.45) is 1.55. The van der Waals surface area contributed by atoms with E-state index in [2.05, 4.69) is 31.5 Å². The van der Waals surface area contributed by atoms with Crippen LogP contribution < -0.4 is 10.6 Å². The number of nitrogens with one attached hydrogen (secondary N) is 2. The second-order valence-corrected chi connectivity index (χ2v) is 4.94. The van der Waals surface area contributed by atoms with Crippen LogP contribution in [0, 0.1) is 17.1 Å². The standard InChI is InChI=1S/C14H10BrFN4O/c1-18-13-9(5-8(15)7-19-13)14(21)20-12-4-2-3-11(16)10(12)6-17/h2-5,7H,1H3,(H,18,19)(H,20,21). The van der Waals surface area contributed by atoms with Gasteiger partial charge in [-0.3, -0.25) is 4.79 Å². The number of nitrogens with zero attached hydrogens (tertiary/aromatic N) is 2. The molecule has 1 heterocycles. The highest BCUT2D eigenvalue weighted by atomic mass is 79.9. The lowest BCUT2D eigenvalue weighted by Crippen LogP contribution is -2.16. The predicted molar refractivity (Wildman–Crippen MR) is 80.6 cm³/mol. The van der Waals surface area contributed by atoms with Gasteiger partial charge in [0.1, 0.15) is 23.3 Å². The molecule has 1 aromatic carbocycles. The smallest absolute Gasteiger partial charge is 0.259 e. The van der Waals surface area contributed by atoms with E-state index in [0.717, 1.165) is 6.07 Å². The predicted octanol–water partition coefficient (Wildman–Crippen LogP) is 3.15. The Morgan fingerprint density at radius 1 is 1.48 bits per heavy atom. The fourth-order valence-corrected chi connectivity index (χ4v) is 2.07. The number of amides is 1. The molecule has 0 fully saturated rings. The molecule has 0 saturated heterocycles. The molecule has 7 heteroatoms. The Morgan fingerprint density at radius 2 is 2.24 bits per heavy atom. The molecule has 0 unspecified atom stereocenters. The van der Waals surface area contributed by atoms with Crippen molar-refractivity contribution in [1.82, 2.24) is 4.98 Å². The summed E-state index contributed by atoms with van der Waals surface area (Å²) in [6, 6.07) is 7.36. The summed E-state index contributed by atoms with van der Waals surface area (Å²) < 4.78 is 14.1. The summed E-state index contributed by atoms with van der Waals surface area (Å²) in [6.45, 7) is 0. The summed E-state index contributed by atoms with van der Waals surface area (Å²) in [5.41, 5.74) is 0.185. The zero-order valence-corrected chi connectivity index (χ0v) is 12.5. The van der Waals surface area contributed by atoms with E-state index in [4.69, 9.17) is 5.26 Å². The topological polar surface area (TPSA) is 77.8 Å². The zero-order chi connectivity index (χ0) is 15.4. The summed E-state index contributed by atoms with van der Waals surface area (Å²) in [4.78, 5) is 16.3. The largest absolute Gasteiger partial charge is 0.372 e. The third kappa shape index (κ3) is 3.17. The molecule has 0 radical (unpaired) electrons. The van der Waals surface area contributed by atoms with Crippen LogP contribution in [0.1, 0.15) is 15.9 Å². The zero-order valence-electron chi connectivity index (χ0n) is 10.9. The van der Waals surface area contributed by atoms with E-state index >= 15 is 0 Å². The molecule has 0 spiro atoms. The quantitative estimate of drug-likeness (QED) is 0.892. The van der Waals surface area contributed by atoms with E-state index in [9.17, 15) is 9.18 Å². The Labute approximate surface area is 128 Å². The average Bonchev–Trinajstić information content (AvgIpc) is 2.47. The first-order valence-electron chi connectivity index (χ1n) is 5.90. The Kier molecular flexibility index (Phi) is 4.50. The SMILES string of the molecule is CNc1ncc(Br)cc1C(=O)Nc1cccc(F)c1C#N. The van der Waals surface area contributed by atoms with Crippen LogP contribution in [0.3, 0.4) is 0 Å². The van der Waals surface area contributed by atoms with Crippen LogP contribution in [0.15, 0.2) is 34.9 Å². The van der Waals surface area contributed by atoms with Crippen molar-refractivity contribution >= 4 is 33.3 Å². The van der Waals surface area contributed by atoms with Crippen molar-refractivity contribution in [2.75, 3.05) is 17.7 Å². The Hall–Kier alpha value is -2.46. The molecule has 0 saturated carbocycles. The van der Waals surface area contributed by atoms with Crippen molar-refractivity contribution in [3.63, 3.8) is 0 Å². The highest BCUT2D eigenvalue weighted by Gasteiger charge is 2.16. The lowest BCUT2D eigenvalue weighted by molar-refractivity contribution is 0.102. The minimum atomic E-state index is -0.684. The second-order valence-electron chi connectivity index (χ2n) is 4.03. The highest BCUT2D eigenvalue weighted by molar-refractivity contribution is 9.10. The van der Waals surface area contributed by atoms with Crippen molar-refractivity contribution < 1.29 is 9.18 Å². The summed E-state index contributed by atoms with van der Waals surface area (Å²) in [7, 11) is 1.63. The first kappa shape index (κ1) is 14.9. The maximum atomic E-state index is 13.5. The van der Waals surface area contributed by atoms with Crippen molar-refractivity contribution in [2.24, 2.45) is 0 Å². The number of nitriles is 1. The lowest BCUT2D eigenvalue weighted by Gasteiger charge is -2.10. The number of halogens is 2. The summed E-state index contributed by atoms with van der Waals surface area (Å²) in [5.74, 6) is -0.794. The van der Waals surface area contributed by atoms with E-state index < -0.39 is 11.7 Å². The highest BCUT2D eigenvalue weighted by Crippen LogP contribution is 2.22. The molecule has 0 aliphatic heterocycles. The van der Waals surface area contributed by atoms with Crippen molar-refractivity contribution in [3.8, 4) is 6.07 Å². The Bertz CT molecular complexity index is 742. The summed E-state index contributed by atoms with van der Waals surface area (Å²) in [5, 5.41) is 14.3. The van der Waals surface area contributed by atoms with Gasteiger partial charge in [-0.15, -0.1) is 0 Å². The van der Waals surface area contributed by atoms with Crippen LogP contribution in [0.2, 0.25) is 0 Å². The number of hydrogen-bond acceptors (Lipinski definition) is 4. The molecule has 21 heavy (non-hydrogen) atoms. The van der Waals surface area contributed by atoms with Gasteiger partial charge in [-0.25, -0.2) is 9.37 Å². The van der Waals surface area contributed by atoms with Crippen LogP contribution in [0.4, 0.5) is 15.9 Å². The average molecular weight is 349 g/mol. The van der Waals surface area contributed by atoms with Gasteiger partial charge in [0.2, 0.25) is 0 Å². The number of carbonyl (C=O) groups is 1. The van der Waals surface area contributed by atoms with Crippen LogP contribution in [-0.4, -0.2) is 17.9 Å². The molecular formula is C14H10BrFN4O. The van der Waals surface area contributed by atoms with Gasteiger partial charge in [0.05, 0.1) is 11.3 Å². The van der Waals surface area contributed by atoms with Gasteiger partial charge in [-0.1, -0.05) is 6.07 Å². The molecule has 2 N–H and O–H groups in total. The summed E-state index contributed by atoms with van der Waals surface area (Å²) >= 11 is 3.24. The Balaban J connectivity index is 2.38. The van der Waals surface area contributed by atoms with Crippen molar-refractivity contribution in [1.29, 1.82) is 5.26 Å². The van der Waals surface area contributed by atoms with Gasteiger partial charge >= 0.3 is 0 Å². The number of carbonyl (C=O) groups excluding carboxylic acids is 1. The fraction of sp³-hybridized carbons (Fsp3) is 0.0714. The fourth-order valence-electron chi connectivity index (χ4n) is 1.74. The van der Waals surface area contributed by atoms with E-state index in [-0.39, 0.29) is 16.8 Å². The minimum Gasteiger partial charge on any atom is -0.372 e. The molecule has 0 aliphatic rings. The van der Waals surface area contributed by atoms with E-state index in [1.807, 2.05) is 0 Å². The van der Waals surface area contributed by atoms with Crippen LogP contribution in [0.25, 0.3) is 0 Å². The number of anilines is 2. The van der Waals surface area contributed by atoms with Crippen LogP contribution in [0.5, 0.6) is 0 Å². The second kappa shape index (κ2) is 6.33. The van der Waals surface area contributed by atoms with Gasteiger partial charge in [0, 0.05) is 17.7 Å². The number of benzene rings is 1. The number of pyridine rings is 1. The number of hydrogen-bond donors (Lipinski definition) is 2. The van der Waals surface area contributed by atoms with Gasteiger partial charge in [-0.05, 0) is 34.1 Å². The first-order valence-corrected chi connectivity index (χ1v) is 6.69. The number of rotatable bonds is 3. The van der Waals surface area contributed by atoms with E-state index in [1.165, 1.54) is 12.1 Å². The molecule has 5 nitrogen and oxygen atoms in total. The third-order valence-corrected chi connectivity index (χ3v) is 3.14. The third-order valence-electron chi connectivity index (χ3n) is 2.71. The molecule has 1 aromatic heterocycles. The van der Waals surface area contributed by atoms with Crippen molar-refractivity contribution in [2.45, 2.75) is 0 Å². The monoisotopic (exact) mass is 348 g/mol. The van der Waals surface area contributed by atoms with Crippen molar-refractivity contribution in [3.05, 3.63) is 51.9 Å². The molecule has 0 atom stereocenters. The van der Waals surface area contributed by atoms with Gasteiger partial charge in [0.15, 0.2) is 0 Å². The normalized spacial score (nSPS) is 9.81. The molecular weight excluding hydrogens is 339 g/mol. The number of aromatic nitrogens is 1. The van der Waals surface area contributed by atoms with E-state index in [0.29, 0.717) is 10.3 Å². The van der Waals surface area contributed by atoms with E-state index in [1.54, 1.807) is 25.4 Å². The maximum Gasteiger partial charge on any atom is 0.259 e. The van der Waals surface area contributed by atoms with Gasteiger partial charge in [0.25, 0.3) is 5.91 Å². The molecule has 1 amide bonds. The lowest BCUT2D eigenvalue weighted by atomic mass is 10.1. The maximum absolute atomic E-state index is 13.5. The molecule has 0 bridgehead atoms. The Morgan fingerprint density at radius 3 is 2.90 bits per heavy atom. The van der Waals surface area contributed by atoms with Crippen LogP contribution >= 0.6 is 15.9 Å².